The van der Waals surface area contributed by atoms with Crippen LogP contribution < -0.4 is 5.48 Å². The lowest BCUT2D eigenvalue weighted by molar-refractivity contribution is -0.0571. The highest BCUT2D eigenvalue weighted by molar-refractivity contribution is 4.78. The van der Waals surface area contributed by atoms with Crippen LogP contribution in [0.5, 0.6) is 0 Å². The Bertz CT molecular complexity index is 150. The SMILES string of the molecule is COC1CCCCC1NOCC(C)C. The van der Waals surface area contributed by atoms with Gasteiger partial charge in [-0.05, 0) is 18.8 Å². The van der Waals surface area contributed by atoms with Crippen molar-refractivity contribution in [2.75, 3.05) is 13.7 Å². The summed E-state index contributed by atoms with van der Waals surface area (Å²) in [6.07, 6.45) is 5.20. The monoisotopic (exact) mass is 201 g/mol. The third kappa shape index (κ3) is 3.95. The van der Waals surface area contributed by atoms with Gasteiger partial charge in [-0.2, -0.15) is 5.48 Å². The Balaban J connectivity index is 2.19. The zero-order chi connectivity index (χ0) is 10.4. The van der Waals surface area contributed by atoms with Crippen molar-refractivity contribution in [3.8, 4) is 0 Å². The molecule has 0 bridgehead atoms. The van der Waals surface area contributed by atoms with E-state index >= 15 is 0 Å². The quantitative estimate of drug-likeness (QED) is 0.691. The smallest absolute Gasteiger partial charge is 0.0747 e. The molecule has 2 unspecified atom stereocenters. The lowest BCUT2D eigenvalue weighted by atomic mass is 9.93. The van der Waals surface area contributed by atoms with Gasteiger partial charge in [0.05, 0.1) is 18.8 Å². The molecule has 1 aliphatic carbocycles. The average molecular weight is 201 g/mol. The van der Waals surface area contributed by atoms with Crippen LogP contribution in [0.1, 0.15) is 39.5 Å². The van der Waals surface area contributed by atoms with Crippen LogP contribution in [-0.2, 0) is 9.57 Å². The molecule has 1 N–H and O–H groups in total. The first-order valence-electron chi connectivity index (χ1n) is 5.64. The van der Waals surface area contributed by atoms with Crippen molar-refractivity contribution in [3.63, 3.8) is 0 Å². The fourth-order valence-electron chi connectivity index (χ4n) is 1.84. The molecule has 0 spiro atoms. The molecule has 1 rings (SSSR count). The lowest BCUT2D eigenvalue weighted by Crippen LogP contribution is -2.43. The molecule has 0 heterocycles. The third-order valence-corrected chi connectivity index (χ3v) is 2.66. The van der Waals surface area contributed by atoms with Gasteiger partial charge in [-0.25, -0.2) is 0 Å². The van der Waals surface area contributed by atoms with Gasteiger partial charge in [-0.3, -0.25) is 0 Å². The van der Waals surface area contributed by atoms with Crippen LogP contribution in [-0.4, -0.2) is 25.9 Å². The minimum absolute atomic E-state index is 0.330. The van der Waals surface area contributed by atoms with Crippen LogP contribution in [0.25, 0.3) is 0 Å². The molecule has 0 aliphatic heterocycles. The topological polar surface area (TPSA) is 30.5 Å². The van der Waals surface area contributed by atoms with Crippen molar-refractivity contribution in [2.24, 2.45) is 5.92 Å². The highest BCUT2D eigenvalue weighted by atomic mass is 16.6. The first kappa shape index (κ1) is 12.0. The van der Waals surface area contributed by atoms with E-state index in [9.17, 15) is 0 Å². The first-order valence-corrected chi connectivity index (χ1v) is 5.64. The van der Waals surface area contributed by atoms with Crippen LogP contribution in [0.15, 0.2) is 0 Å². The Morgan fingerprint density at radius 1 is 1.29 bits per heavy atom. The fraction of sp³-hybridized carbons (Fsp3) is 1.00. The third-order valence-electron chi connectivity index (χ3n) is 2.66. The predicted octanol–water partition coefficient (Wildman–Crippen LogP) is 2.12. The van der Waals surface area contributed by atoms with Gasteiger partial charge < -0.3 is 9.57 Å². The van der Waals surface area contributed by atoms with Gasteiger partial charge in [-0.15, -0.1) is 0 Å². The fourth-order valence-corrected chi connectivity index (χ4v) is 1.84. The van der Waals surface area contributed by atoms with E-state index in [2.05, 4.69) is 19.3 Å². The van der Waals surface area contributed by atoms with Crippen molar-refractivity contribution in [1.29, 1.82) is 0 Å². The summed E-state index contributed by atoms with van der Waals surface area (Å²) < 4.78 is 5.42. The summed E-state index contributed by atoms with van der Waals surface area (Å²) in [5.41, 5.74) is 3.13. The highest BCUT2D eigenvalue weighted by Gasteiger charge is 2.24. The Kier molecular flexibility index (Phi) is 5.45. The second kappa shape index (κ2) is 6.38. The Morgan fingerprint density at radius 2 is 2.00 bits per heavy atom. The normalized spacial score (nSPS) is 28.3. The number of nitrogens with one attached hydrogen (secondary N) is 1. The summed E-state index contributed by atoms with van der Waals surface area (Å²) in [5, 5.41) is 0. The molecule has 0 saturated heterocycles. The molecule has 84 valence electrons. The molecule has 1 saturated carbocycles. The van der Waals surface area contributed by atoms with E-state index in [-0.39, 0.29) is 0 Å². The van der Waals surface area contributed by atoms with Crippen molar-refractivity contribution >= 4 is 0 Å². The maximum Gasteiger partial charge on any atom is 0.0747 e. The number of rotatable bonds is 5. The maximum atomic E-state index is 5.44. The molecule has 1 fully saturated rings. The van der Waals surface area contributed by atoms with Gasteiger partial charge in [0.1, 0.15) is 0 Å². The zero-order valence-corrected chi connectivity index (χ0v) is 9.58. The maximum absolute atomic E-state index is 5.44. The number of ether oxygens (including phenoxy) is 1. The molecule has 0 aromatic carbocycles. The molecule has 3 heteroatoms. The second-order valence-corrected chi connectivity index (χ2v) is 4.49. The van der Waals surface area contributed by atoms with Gasteiger partial charge in [0, 0.05) is 7.11 Å². The molecular formula is C11H23NO2. The van der Waals surface area contributed by atoms with Crippen LogP contribution in [0, 0.1) is 5.92 Å². The Morgan fingerprint density at radius 3 is 2.64 bits per heavy atom. The summed E-state index contributed by atoms with van der Waals surface area (Å²) in [7, 11) is 1.78. The average Bonchev–Trinajstić information content (AvgIpc) is 2.18. The van der Waals surface area contributed by atoms with E-state index in [1.54, 1.807) is 7.11 Å². The molecule has 14 heavy (non-hydrogen) atoms. The molecule has 2 atom stereocenters. The minimum atomic E-state index is 0.330. The minimum Gasteiger partial charge on any atom is -0.380 e. The van der Waals surface area contributed by atoms with E-state index in [4.69, 9.17) is 9.57 Å². The van der Waals surface area contributed by atoms with Crippen LogP contribution in [0.4, 0.5) is 0 Å². The van der Waals surface area contributed by atoms with E-state index in [0.717, 1.165) is 19.4 Å². The lowest BCUT2D eigenvalue weighted by Gasteiger charge is -2.30. The zero-order valence-electron chi connectivity index (χ0n) is 9.58. The number of methoxy groups -OCH3 is 1. The van der Waals surface area contributed by atoms with Crippen molar-refractivity contribution < 1.29 is 9.57 Å². The van der Waals surface area contributed by atoms with Crippen molar-refractivity contribution in [1.82, 2.24) is 5.48 Å². The molecular weight excluding hydrogens is 178 g/mol. The Labute approximate surface area is 87.1 Å². The van der Waals surface area contributed by atoms with Gasteiger partial charge in [0.25, 0.3) is 0 Å². The van der Waals surface area contributed by atoms with Gasteiger partial charge in [0.2, 0.25) is 0 Å². The van der Waals surface area contributed by atoms with Gasteiger partial charge >= 0.3 is 0 Å². The van der Waals surface area contributed by atoms with Crippen LogP contribution in [0.3, 0.4) is 0 Å². The Hall–Kier alpha value is -0.120. The van der Waals surface area contributed by atoms with E-state index in [1.165, 1.54) is 12.8 Å². The second-order valence-electron chi connectivity index (χ2n) is 4.49. The summed E-state index contributed by atoms with van der Waals surface area (Å²) in [4.78, 5) is 5.44. The number of hydrogen-bond donors (Lipinski definition) is 1. The van der Waals surface area contributed by atoms with Crippen LogP contribution >= 0.6 is 0 Å². The van der Waals surface area contributed by atoms with E-state index in [0.29, 0.717) is 18.1 Å². The van der Waals surface area contributed by atoms with Gasteiger partial charge in [0.15, 0.2) is 0 Å². The van der Waals surface area contributed by atoms with Crippen molar-refractivity contribution in [2.45, 2.75) is 51.7 Å². The predicted molar refractivity (Wildman–Crippen MR) is 57.0 cm³/mol. The summed E-state index contributed by atoms with van der Waals surface area (Å²) in [6.45, 7) is 5.07. The standard InChI is InChI=1S/C11H23NO2/c1-9(2)8-14-12-10-6-4-5-7-11(10)13-3/h9-12H,4-8H2,1-3H3. The molecule has 1 aliphatic rings. The number of hydroxylamine groups is 1. The summed E-state index contributed by atoms with van der Waals surface area (Å²) in [6, 6.07) is 0.382. The first-order chi connectivity index (χ1) is 6.74. The largest absolute Gasteiger partial charge is 0.380 e. The molecule has 3 nitrogen and oxygen atoms in total. The van der Waals surface area contributed by atoms with Gasteiger partial charge in [-0.1, -0.05) is 26.7 Å². The summed E-state index contributed by atoms with van der Waals surface area (Å²) in [5.74, 6) is 0.576. The molecule has 0 aromatic rings. The molecule has 0 radical (unpaired) electrons. The molecule has 0 amide bonds. The van der Waals surface area contributed by atoms with E-state index in [1.807, 2.05) is 0 Å². The van der Waals surface area contributed by atoms with Crippen LogP contribution in [0.2, 0.25) is 0 Å². The summed E-state index contributed by atoms with van der Waals surface area (Å²) >= 11 is 0. The highest BCUT2D eigenvalue weighted by Crippen LogP contribution is 2.20. The van der Waals surface area contributed by atoms with E-state index < -0.39 is 0 Å². The van der Waals surface area contributed by atoms with Crippen molar-refractivity contribution in [3.05, 3.63) is 0 Å². The number of hydrogen-bond acceptors (Lipinski definition) is 3. The molecule has 0 aromatic heterocycles.